The van der Waals surface area contributed by atoms with Crippen LogP contribution in [0.1, 0.15) is 24.9 Å². The van der Waals surface area contributed by atoms with Crippen molar-refractivity contribution in [1.82, 2.24) is 14.5 Å². The predicted octanol–water partition coefficient (Wildman–Crippen LogP) is 2.46. The standard InChI is InChI=1S/C20H21N3O3/c1-2-22-16-8-4-5-9-17(16)23(20(22)25)13-19(24)21-15-11-12-26-18-10-6-3-7-14(15)18/h3-10,15H,2,11-13H2,1H3,(H,21,24)/t15-/m0/s1. The highest BCUT2D eigenvalue weighted by Gasteiger charge is 2.23. The Balaban J connectivity index is 1.60. The Morgan fingerprint density at radius 1 is 1.12 bits per heavy atom. The van der Waals surface area contributed by atoms with E-state index in [9.17, 15) is 9.59 Å². The third-order valence-corrected chi connectivity index (χ3v) is 4.84. The fourth-order valence-corrected chi connectivity index (χ4v) is 3.61. The summed E-state index contributed by atoms with van der Waals surface area (Å²) in [7, 11) is 0. The number of carbonyl (C=O) groups is 1. The number of fused-ring (bicyclic) bond motifs is 2. The molecule has 0 radical (unpaired) electrons. The summed E-state index contributed by atoms with van der Waals surface area (Å²) in [6, 6.07) is 15.2. The van der Waals surface area contributed by atoms with Crippen molar-refractivity contribution in [2.75, 3.05) is 6.61 Å². The van der Waals surface area contributed by atoms with Gasteiger partial charge in [-0.25, -0.2) is 4.79 Å². The zero-order valence-corrected chi connectivity index (χ0v) is 14.6. The highest BCUT2D eigenvalue weighted by atomic mass is 16.5. The molecule has 3 aromatic rings. The average Bonchev–Trinajstić information content (AvgIpc) is 2.93. The van der Waals surface area contributed by atoms with Gasteiger partial charge in [-0.3, -0.25) is 13.9 Å². The van der Waals surface area contributed by atoms with Gasteiger partial charge < -0.3 is 10.1 Å². The second-order valence-corrected chi connectivity index (χ2v) is 6.40. The summed E-state index contributed by atoms with van der Waals surface area (Å²) in [5.41, 5.74) is 2.46. The van der Waals surface area contributed by atoms with Crippen molar-refractivity contribution < 1.29 is 9.53 Å². The minimum Gasteiger partial charge on any atom is -0.493 e. The fourth-order valence-electron chi connectivity index (χ4n) is 3.61. The number of aromatic nitrogens is 2. The minimum atomic E-state index is -0.173. The Labute approximate surface area is 151 Å². The van der Waals surface area contributed by atoms with Crippen LogP contribution < -0.4 is 15.7 Å². The fraction of sp³-hybridized carbons (Fsp3) is 0.300. The smallest absolute Gasteiger partial charge is 0.329 e. The molecule has 4 rings (SSSR count). The molecule has 0 unspecified atom stereocenters. The molecule has 1 amide bonds. The number of hydrogen-bond acceptors (Lipinski definition) is 3. The van der Waals surface area contributed by atoms with E-state index in [4.69, 9.17) is 4.74 Å². The number of para-hydroxylation sites is 3. The summed E-state index contributed by atoms with van der Waals surface area (Å²) in [5.74, 6) is 0.636. The van der Waals surface area contributed by atoms with Gasteiger partial charge in [0.25, 0.3) is 0 Å². The number of nitrogens with zero attached hydrogens (tertiary/aromatic N) is 2. The van der Waals surface area contributed by atoms with Crippen LogP contribution in [-0.4, -0.2) is 21.6 Å². The van der Waals surface area contributed by atoms with Gasteiger partial charge in [0.15, 0.2) is 0 Å². The van der Waals surface area contributed by atoms with Gasteiger partial charge in [0.05, 0.1) is 23.7 Å². The molecule has 1 atom stereocenters. The molecule has 1 N–H and O–H groups in total. The molecule has 0 saturated heterocycles. The second kappa shape index (κ2) is 6.71. The van der Waals surface area contributed by atoms with E-state index < -0.39 is 0 Å². The van der Waals surface area contributed by atoms with Crippen molar-refractivity contribution in [2.24, 2.45) is 0 Å². The first-order valence-electron chi connectivity index (χ1n) is 8.88. The molecular weight excluding hydrogens is 330 g/mol. The maximum Gasteiger partial charge on any atom is 0.329 e. The molecule has 0 bridgehead atoms. The number of aryl methyl sites for hydroxylation is 1. The van der Waals surface area contributed by atoms with Crippen LogP contribution in [0, 0.1) is 0 Å². The third-order valence-electron chi connectivity index (χ3n) is 4.84. The second-order valence-electron chi connectivity index (χ2n) is 6.40. The van der Waals surface area contributed by atoms with Gasteiger partial charge in [-0.15, -0.1) is 0 Å². The maximum atomic E-state index is 12.7. The van der Waals surface area contributed by atoms with Crippen molar-refractivity contribution in [3.8, 4) is 5.75 Å². The van der Waals surface area contributed by atoms with Gasteiger partial charge in [-0.2, -0.15) is 0 Å². The average molecular weight is 351 g/mol. The van der Waals surface area contributed by atoms with E-state index >= 15 is 0 Å². The van der Waals surface area contributed by atoms with Crippen molar-refractivity contribution in [1.29, 1.82) is 0 Å². The number of amides is 1. The first-order valence-corrected chi connectivity index (χ1v) is 8.88. The number of imidazole rings is 1. The SMILES string of the molecule is CCn1c(=O)n(CC(=O)N[C@H]2CCOc3ccccc32)c2ccccc21. The molecule has 1 aliphatic rings. The molecule has 6 nitrogen and oxygen atoms in total. The Kier molecular flexibility index (Phi) is 4.24. The molecule has 0 spiro atoms. The van der Waals surface area contributed by atoms with Crippen LogP contribution in [-0.2, 0) is 17.9 Å². The molecule has 26 heavy (non-hydrogen) atoms. The van der Waals surface area contributed by atoms with E-state index in [1.54, 1.807) is 9.13 Å². The van der Waals surface area contributed by atoms with E-state index in [0.717, 1.165) is 22.3 Å². The van der Waals surface area contributed by atoms with E-state index in [1.807, 2.05) is 55.5 Å². The lowest BCUT2D eigenvalue weighted by molar-refractivity contribution is -0.122. The van der Waals surface area contributed by atoms with Crippen LogP contribution in [0.15, 0.2) is 53.3 Å². The molecule has 0 saturated carbocycles. The van der Waals surface area contributed by atoms with E-state index in [0.29, 0.717) is 19.6 Å². The number of ether oxygens (including phenoxy) is 1. The molecule has 1 aliphatic heterocycles. The minimum absolute atomic E-state index is 0.00582. The van der Waals surface area contributed by atoms with Crippen molar-refractivity contribution in [2.45, 2.75) is 32.5 Å². The van der Waals surface area contributed by atoms with Crippen LogP contribution in [0.4, 0.5) is 0 Å². The lowest BCUT2D eigenvalue weighted by Gasteiger charge is -2.26. The van der Waals surface area contributed by atoms with Gasteiger partial charge in [0.1, 0.15) is 12.3 Å². The highest BCUT2D eigenvalue weighted by molar-refractivity contribution is 5.81. The number of rotatable bonds is 4. The summed E-state index contributed by atoms with van der Waals surface area (Å²) < 4.78 is 8.87. The third kappa shape index (κ3) is 2.77. The summed E-state index contributed by atoms with van der Waals surface area (Å²) >= 11 is 0. The zero-order valence-electron chi connectivity index (χ0n) is 14.6. The van der Waals surface area contributed by atoms with Gasteiger partial charge in [0, 0.05) is 18.5 Å². The molecule has 2 aromatic carbocycles. The Bertz CT molecular complexity index is 1020. The molecular formula is C20H21N3O3. The van der Waals surface area contributed by atoms with Crippen LogP contribution in [0.25, 0.3) is 11.0 Å². The number of hydrogen-bond donors (Lipinski definition) is 1. The number of carbonyl (C=O) groups excluding carboxylic acids is 1. The lowest BCUT2D eigenvalue weighted by Crippen LogP contribution is -2.36. The molecule has 2 heterocycles. The maximum absolute atomic E-state index is 12.7. The first kappa shape index (κ1) is 16.4. The van der Waals surface area contributed by atoms with Gasteiger partial charge in [0.2, 0.25) is 5.91 Å². The van der Waals surface area contributed by atoms with Crippen LogP contribution >= 0.6 is 0 Å². The lowest BCUT2D eigenvalue weighted by atomic mass is 10.0. The summed E-state index contributed by atoms with van der Waals surface area (Å²) in [4.78, 5) is 25.3. The molecule has 0 fully saturated rings. The molecule has 1 aromatic heterocycles. The number of benzene rings is 2. The quantitative estimate of drug-likeness (QED) is 0.785. The van der Waals surface area contributed by atoms with E-state index in [2.05, 4.69) is 5.32 Å². The first-order chi connectivity index (χ1) is 12.7. The molecule has 134 valence electrons. The molecule has 0 aliphatic carbocycles. The highest BCUT2D eigenvalue weighted by Crippen LogP contribution is 2.31. The monoisotopic (exact) mass is 351 g/mol. The Morgan fingerprint density at radius 3 is 2.58 bits per heavy atom. The molecule has 6 heteroatoms. The van der Waals surface area contributed by atoms with Crippen molar-refractivity contribution in [3.05, 3.63) is 64.6 Å². The van der Waals surface area contributed by atoms with E-state index in [1.165, 1.54) is 0 Å². The van der Waals surface area contributed by atoms with Gasteiger partial charge in [-0.1, -0.05) is 30.3 Å². The predicted molar refractivity (Wildman–Crippen MR) is 99.3 cm³/mol. The Hall–Kier alpha value is -3.02. The van der Waals surface area contributed by atoms with Crippen molar-refractivity contribution >= 4 is 16.9 Å². The van der Waals surface area contributed by atoms with Crippen LogP contribution in [0.2, 0.25) is 0 Å². The normalized spacial score (nSPS) is 16.1. The van der Waals surface area contributed by atoms with Crippen LogP contribution in [0.3, 0.4) is 0 Å². The zero-order chi connectivity index (χ0) is 18.1. The summed E-state index contributed by atoms with van der Waals surface area (Å²) in [6.45, 7) is 3.07. The van der Waals surface area contributed by atoms with Crippen molar-refractivity contribution in [3.63, 3.8) is 0 Å². The van der Waals surface area contributed by atoms with E-state index in [-0.39, 0.29) is 24.2 Å². The van der Waals surface area contributed by atoms with Gasteiger partial charge >= 0.3 is 5.69 Å². The van der Waals surface area contributed by atoms with Crippen LogP contribution in [0.5, 0.6) is 5.75 Å². The Morgan fingerprint density at radius 2 is 1.81 bits per heavy atom. The topological polar surface area (TPSA) is 65.3 Å². The van der Waals surface area contributed by atoms with Gasteiger partial charge in [-0.05, 0) is 25.1 Å². The summed E-state index contributed by atoms with van der Waals surface area (Å²) in [6.07, 6.45) is 0.717. The number of nitrogens with one attached hydrogen (secondary N) is 1. The summed E-state index contributed by atoms with van der Waals surface area (Å²) in [5, 5.41) is 3.05. The largest absolute Gasteiger partial charge is 0.493 e.